The second kappa shape index (κ2) is 8.53. The molecule has 0 aromatic heterocycles. The Morgan fingerprint density at radius 2 is 1.92 bits per heavy atom. The number of nitrogens with one attached hydrogen (secondary N) is 3. The molecule has 0 heterocycles. The van der Waals surface area contributed by atoms with Crippen LogP contribution < -0.4 is 16.0 Å². The van der Waals surface area contributed by atoms with Crippen molar-refractivity contribution in [2.45, 2.75) is 26.2 Å². The van der Waals surface area contributed by atoms with Crippen molar-refractivity contribution in [1.29, 1.82) is 0 Å². The minimum atomic E-state index is -1.14. The molecule has 0 bridgehead atoms. The minimum Gasteiger partial charge on any atom is -0.465 e. The smallest absolute Gasteiger partial charge is 0.404 e. The van der Waals surface area contributed by atoms with Crippen molar-refractivity contribution in [3.63, 3.8) is 0 Å². The number of anilines is 1. The van der Waals surface area contributed by atoms with E-state index in [0.29, 0.717) is 28.3 Å². The minimum absolute atomic E-state index is 0.115. The predicted octanol–water partition coefficient (Wildman–Crippen LogP) is 2.78. The number of carbonyl (C=O) groups is 3. The molecular formula is C17H20ClN3O4. The van der Waals surface area contributed by atoms with Gasteiger partial charge in [0.15, 0.2) is 5.78 Å². The van der Waals surface area contributed by atoms with Gasteiger partial charge < -0.3 is 21.1 Å². The highest BCUT2D eigenvalue weighted by molar-refractivity contribution is 6.33. The molecule has 1 aliphatic rings. The average Bonchev–Trinajstić information content (AvgIpc) is 2.57. The summed E-state index contributed by atoms with van der Waals surface area (Å²) < 4.78 is 0. The lowest BCUT2D eigenvalue weighted by Crippen LogP contribution is -2.33. The Kier molecular flexibility index (Phi) is 6.41. The largest absolute Gasteiger partial charge is 0.465 e. The second-order valence-electron chi connectivity index (χ2n) is 5.69. The maximum Gasteiger partial charge on any atom is 0.404 e. The molecule has 2 rings (SSSR count). The summed E-state index contributed by atoms with van der Waals surface area (Å²) in [4.78, 5) is 34.3. The molecule has 1 aliphatic carbocycles. The molecular weight excluding hydrogens is 346 g/mol. The van der Waals surface area contributed by atoms with Crippen LogP contribution >= 0.6 is 11.6 Å². The van der Waals surface area contributed by atoms with Gasteiger partial charge in [-0.2, -0.15) is 0 Å². The number of benzene rings is 1. The first-order valence-electron chi connectivity index (χ1n) is 7.93. The number of ketones is 1. The van der Waals surface area contributed by atoms with Crippen molar-refractivity contribution in [3.05, 3.63) is 40.1 Å². The van der Waals surface area contributed by atoms with Crippen LogP contribution in [0.15, 0.2) is 29.5 Å². The van der Waals surface area contributed by atoms with Crippen molar-refractivity contribution >= 4 is 35.1 Å². The van der Waals surface area contributed by atoms with Gasteiger partial charge in [-0.3, -0.25) is 9.59 Å². The summed E-state index contributed by atoms with van der Waals surface area (Å²) in [7, 11) is 0. The maximum atomic E-state index is 12.1. The van der Waals surface area contributed by atoms with E-state index in [4.69, 9.17) is 16.7 Å². The zero-order chi connectivity index (χ0) is 18.4. The molecule has 1 aromatic rings. The van der Waals surface area contributed by atoms with E-state index < -0.39 is 6.09 Å². The number of Topliss-reactive ketones (excluding diaryl/α,β-unsaturated/α-hetero) is 1. The molecule has 0 spiro atoms. The summed E-state index contributed by atoms with van der Waals surface area (Å²) >= 11 is 6.19. The Bertz CT molecular complexity index is 731. The molecule has 134 valence electrons. The van der Waals surface area contributed by atoms with Crippen LogP contribution in [0.5, 0.6) is 0 Å². The Balaban J connectivity index is 2.07. The van der Waals surface area contributed by atoms with E-state index in [1.54, 1.807) is 25.1 Å². The molecule has 4 N–H and O–H groups in total. The number of hydrogen-bond acceptors (Lipinski definition) is 4. The molecule has 1 aromatic carbocycles. The molecule has 0 atom stereocenters. The second-order valence-corrected chi connectivity index (χ2v) is 6.09. The molecule has 8 heteroatoms. The first-order valence-corrected chi connectivity index (χ1v) is 8.31. The third kappa shape index (κ3) is 5.22. The van der Waals surface area contributed by atoms with Gasteiger partial charge in [-0.15, -0.1) is 0 Å². The van der Waals surface area contributed by atoms with E-state index in [2.05, 4.69) is 16.0 Å². The number of halogens is 1. The molecule has 0 radical (unpaired) electrons. The van der Waals surface area contributed by atoms with Gasteiger partial charge >= 0.3 is 6.09 Å². The standard InChI is InChI=1S/C17H20ClN3O4/c1-10-13(3-2-4-15(10)22)21-14-9-11(5-6-12(14)18)16(23)19-7-8-20-17(24)25/h5-6,9,20-21H,2-4,7-8H2,1H3,(H,19,23)(H,24,25). The van der Waals surface area contributed by atoms with Gasteiger partial charge in [-0.1, -0.05) is 11.6 Å². The molecule has 7 nitrogen and oxygen atoms in total. The quantitative estimate of drug-likeness (QED) is 0.580. The van der Waals surface area contributed by atoms with Crippen molar-refractivity contribution < 1.29 is 19.5 Å². The Morgan fingerprint density at radius 1 is 1.20 bits per heavy atom. The number of carbonyl (C=O) groups excluding carboxylic acids is 2. The molecule has 0 aliphatic heterocycles. The summed E-state index contributed by atoms with van der Waals surface area (Å²) in [6.07, 6.45) is 0.952. The Morgan fingerprint density at radius 3 is 2.64 bits per heavy atom. The fourth-order valence-corrected chi connectivity index (χ4v) is 2.66. The van der Waals surface area contributed by atoms with Crippen LogP contribution in [0, 0.1) is 0 Å². The monoisotopic (exact) mass is 365 g/mol. The summed E-state index contributed by atoms with van der Waals surface area (Å²) in [6, 6.07) is 4.80. The summed E-state index contributed by atoms with van der Waals surface area (Å²) in [5, 5.41) is 16.9. The third-order valence-electron chi connectivity index (χ3n) is 3.90. The Hall–Kier alpha value is -2.54. The van der Waals surface area contributed by atoms with Crippen molar-refractivity contribution in [2.24, 2.45) is 0 Å². The van der Waals surface area contributed by atoms with Gasteiger partial charge in [-0.25, -0.2) is 4.79 Å². The normalized spacial score (nSPS) is 14.2. The SMILES string of the molecule is CC1=C(Nc2cc(C(=O)NCCNC(=O)O)ccc2Cl)CCCC1=O. The fourth-order valence-electron chi connectivity index (χ4n) is 2.50. The first kappa shape index (κ1) is 18.8. The van der Waals surface area contributed by atoms with Crippen molar-refractivity contribution in [3.8, 4) is 0 Å². The Labute approximate surface area is 150 Å². The van der Waals surface area contributed by atoms with Gasteiger partial charge in [0, 0.05) is 36.3 Å². The van der Waals surface area contributed by atoms with E-state index in [-0.39, 0.29) is 24.8 Å². The van der Waals surface area contributed by atoms with E-state index in [1.165, 1.54) is 0 Å². The number of allylic oxidation sites excluding steroid dienone is 2. The molecule has 25 heavy (non-hydrogen) atoms. The van der Waals surface area contributed by atoms with Crippen molar-refractivity contribution in [2.75, 3.05) is 18.4 Å². The lowest BCUT2D eigenvalue weighted by Gasteiger charge is -2.19. The van der Waals surface area contributed by atoms with Crippen molar-refractivity contribution in [1.82, 2.24) is 10.6 Å². The zero-order valence-corrected chi connectivity index (χ0v) is 14.6. The highest BCUT2D eigenvalue weighted by atomic mass is 35.5. The number of hydrogen-bond donors (Lipinski definition) is 4. The van der Waals surface area contributed by atoms with Crippen LogP contribution in [0.4, 0.5) is 10.5 Å². The van der Waals surface area contributed by atoms with E-state index in [1.807, 2.05) is 0 Å². The summed E-state index contributed by atoms with van der Waals surface area (Å²) in [5.74, 6) is -0.220. The maximum absolute atomic E-state index is 12.1. The molecule has 2 amide bonds. The van der Waals surface area contributed by atoms with Gasteiger partial charge in [-0.05, 0) is 38.0 Å². The number of carboxylic acid groups (broad SMARTS) is 1. The van der Waals surface area contributed by atoms with Crippen LogP contribution in [-0.2, 0) is 4.79 Å². The van der Waals surface area contributed by atoms with E-state index in [0.717, 1.165) is 18.5 Å². The predicted molar refractivity (Wildman–Crippen MR) is 95.0 cm³/mol. The highest BCUT2D eigenvalue weighted by Gasteiger charge is 2.18. The molecule has 0 unspecified atom stereocenters. The van der Waals surface area contributed by atoms with E-state index >= 15 is 0 Å². The van der Waals surface area contributed by atoms with Crippen LogP contribution in [0.3, 0.4) is 0 Å². The summed E-state index contributed by atoms with van der Waals surface area (Å²) in [5.41, 5.74) is 2.46. The van der Waals surface area contributed by atoms with Crippen LogP contribution in [-0.4, -0.2) is 36.0 Å². The highest BCUT2D eigenvalue weighted by Crippen LogP contribution is 2.28. The summed E-state index contributed by atoms with van der Waals surface area (Å²) in [6.45, 7) is 2.08. The average molecular weight is 366 g/mol. The third-order valence-corrected chi connectivity index (χ3v) is 4.23. The lowest BCUT2D eigenvalue weighted by molar-refractivity contribution is -0.116. The van der Waals surface area contributed by atoms with Gasteiger partial charge in [0.05, 0.1) is 10.7 Å². The lowest BCUT2D eigenvalue weighted by atomic mass is 9.96. The fraction of sp³-hybridized carbons (Fsp3) is 0.353. The number of amides is 2. The van der Waals surface area contributed by atoms with E-state index in [9.17, 15) is 14.4 Å². The van der Waals surface area contributed by atoms with Crippen LogP contribution in [0.2, 0.25) is 5.02 Å². The van der Waals surface area contributed by atoms with Crippen LogP contribution in [0.25, 0.3) is 0 Å². The van der Waals surface area contributed by atoms with Gasteiger partial charge in [0.25, 0.3) is 5.91 Å². The molecule has 0 fully saturated rings. The first-order chi connectivity index (χ1) is 11.9. The molecule has 0 saturated heterocycles. The number of rotatable bonds is 6. The van der Waals surface area contributed by atoms with Gasteiger partial charge in [0.2, 0.25) is 0 Å². The molecule has 0 saturated carbocycles. The zero-order valence-electron chi connectivity index (χ0n) is 13.8. The van der Waals surface area contributed by atoms with Crippen LogP contribution in [0.1, 0.15) is 36.5 Å². The van der Waals surface area contributed by atoms with Gasteiger partial charge in [0.1, 0.15) is 0 Å². The topological polar surface area (TPSA) is 108 Å².